The summed E-state index contributed by atoms with van der Waals surface area (Å²) in [6, 6.07) is 15.5. The van der Waals surface area contributed by atoms with Gasteiger partial charge in [-0.25, -0.2) is 4.79 Å². The second kappa shape index (κ2) is 5.66. The first-order chi connectivity index (χ1) is 10.1. The lowest BCUT2D eigenvalue weighted by molar-refractivity contribution is 0.190. The van der Waals surface area contributed by atoms with Crippen LogP contribution < -0.4 is 10.2 Å². The van der Waals surface area contributed by atoms with Crippen molar-refractivity contribution in [3.63, 3.8) is 0 Å². The van der Waals surface area contributed by atoms with E-state index in [1.807, 2.05) is 48.5 Å². The van der Waals surface area contributed by atoms with Gasteiger partial charge in [0.2, 0.25) is 0 Å². The van der Waals surface area contributed by atoms with Crippen molar-refractivity contribution in [3.8, 4) is 0 Å². The SMILES string of the molecule is O=C(O)NC1Cc2ccccc2N(c2cccc(Cl)c2)C1. The molecule has 4 nitrogen and oxygen atoms in total. The smallest absolute Gasteiger partial charge is 0.404 e. The first-order valence-electron chi connectivity index (χ1n) is 6.74. The van der Waals surface area contributed by atoms with Crippen molar-refractivity contribution in [1.29, 1.82) is 0 Å². The van der Waals surface area contributed by atoms with Crippen LogP contribution in [-0.4, -0.2) is 23.8 Å². The van der Waals surface area contributed by atoms with Gasteiger partial charge in [0.15, 0.2) is 0 Å². The maximum absolute atomic E-state index is 10.9. The van der Waals surface area contributed by atoms with Crippen LogP contribution in [0.4, 0.5) is 16.2 Å². The Morgan fingerprint density at radius 2 is 2.05 bits per heavy atom. The summed E-state index contributed by atoms with van der Waals surface area (Å²) >= 11 is 6.08. The Kier molecular flexibility index (Phi) is 3.71. The molecule has 1 unspecified atom stereocenters. The van der Waals surface area contributed by atoms with Crippen molar-refractivity contribution in [1.82, 2.24) is 5.32 Å². The van der Waals surface area contributed by atoms with Gasteiger partial charge in [0, 0.05) is 22.9 Å². The molecule has 0 aliphatic carbocycles. The lowest BCUT2D eigenvalue weighted by atomic mass is 9.97. The van der Waals surface area contributed by atoms with Gasteiger partial charge in [-0.1, -0.05) is 35.9 Å². The van der Waals surface area contributed by atoms with Crippen LogP contribution >= 0.6 is 11.6 Å². The van der Waals surface area contributed by atoms with Crippen LogP contribution in [0.3, 0.4) is 0 Å². The molecule has 2 aromatic carbocycles. The molecule has 2 N–H and O–H groups in total. The van der Waals surface area contributed by atoms with Gasteiger partial charge in [-0.05, 0) is 36.2 Å². The second-order valence-corrected chi connectivity index (χ2v) is 5.51. The molecular formula is C16H15ClN2O2. The molecule has 5 heteroatoms. The minimum Gasteiger partial charge on any atom is -0.465 e. The molecule has 1 aliphatic heterocycles. The number of amides is 1. The third-order valence-electron chi connectivity index (χ3n) is 3.60. The van der Waals surface area contributed by atoms with Crippen molar-refractivity contribution in [3.05, 3.63) is 59.1 Å². The van der Waals surface area contributed by atoms with E-state index in [9.17, 15) is 4.79 Å². The van der Waals surface area contributed by atoms with E-state index in [-0.39, 0.29) is 6.04 Å². The number of halogens is 1. The third kappa shape index (κ3) is 2.95. The van der Waals surface area contributed by atoms with Gasteiger partial charge in [0.1, 0.15) is 0 Å². The van der Waals surface area contributed by atoms with Gasteiger partial charge in [-0.15, -0.1) is 0 Å². The van der Waals surface area contributed by atoms with Crippen LogP contribution in [0.2, 0.25) is 5.02 Å². The van der Waals surface area contributed by atoms with E-state index in [1.165, 1.54) is 0 Å². The van der Waals surface area contributed by atoms with Crippen LogP contribution in [0.5, 0.6) is 0 Å². The molecule has 1 amide bonds. The lowest BCUT2D eigenvalue weighted by Crippen LogP contribution is -2.46. The average Bonchev–Trinajstić information content (AvgIpc) is 2.46. The summed E-state index contributed by atoms with van der Waals surface area (Å²) in [5, 5.41) is 12.2. The first-order valence-corrected chi connectivity index (χ1v) is 7.12. The fourth-order valence-electron chi connectivity index (χ4n) is 2.76. The Morgan fingerprint density at radius 1 is 1.24 bits per heavy atom. The van der Waals surface area contributed by atoms with E-state index in [0.29, 0.717) is 18.0 Å². The third-order valence-corrected chi connectivity index (χ3v) is 3.83. The summed E-state index contributed by atoms with van der Waals surface area (Å²) in [6.45, 7) is 0.587. The fourth-order valence-corrected chi connectivity index (χ4v) is 2.94. The number of nitrogens with one attached hydrogen (secondary N) is 1. The number of anilines is 2. The number of hydrogen-bond acceptors (Lipinski definition) is 2. The summed E-state index contributed by atoms with van der Waals surface area (Å²) in [4.78, 5) is 13.0. The van der Waals surface area contributed by atoms with Gasteiger partial charge in [-0.3, -0.25) is 0 Å². The zero-order valence-electron chi connectivity index (χ0n) is 11.3. The van der Waals surface area contributed by atoms with Crippen molar-refractivity contribution < 1.29 is 9.90 Å². The zero-order valence-corrected chi connectivity index (χ0v) is 12.0. The van der Waals surface area contributed by atoms with Crippen LogP contribution in [0.15, 0.2) is 48.5 Å². The van der Waals surface area contributed by atoms with Gasteiger partial charge >= 0.3 is 6.09 Å². The van der Waals surface area contributed by atoms with Crippen LogP contribution in [0.25, 0.3) is 0 Å². The number of fused-ring (bicyclic) bond motifs is 1. The Bertz CT molecular complexity index is 675. The maximum atomic E-state index is 10.9. The molecular weight excluding hydrogens is 288 g/mol. The molecule has 1 atom stereocenters. The van der Waals surface area contributed by atoms with E-state index < -0.39 is 6.09 Å². The molecule has 1 aliphatic rings. The molecule has 0 bridgehead atoms. The van der Waals surface area contributed by atoms with Gasteiger partial charge in [0.05, 0.1) is 6.04 Å². The summed E-state index contributed by atoms with van der Waals surface area (Å²) in [5.41, 5.74) is 3.19. The minimum atomic E-state index is -0.995. The molecule has 0 spiro atoms. The number of rotatable bonds is 2. The average molecular weight is 303 g/mol. The maximum Gasteiger partial charge on any atom is 0.404 e. The van der Waals surface area contributed by atoms with Crippen LogP contribution in [0.1, 0.15) is 5.56 Å². The normalized spacial score (nSPS) is 17.2. The van der Waals surface area contributed by atoms with Crippen LogP contribution in [0, 0.1) is 0 Å². The molecule has 0 fully saturated rings. The molecule has 2 aromatic rings. The summed E-state index contributed by atoms with van der Waals surface area (Å²) in [5.74, 6) is 0. The van der Waals surface area contributed by atoms with E-state index in [1.54, 1.807) is 0 Å². The van der Waals surface area contributed by atoms with Gasteiger partial charge in [0.25, 0.3) is 0 Å². The van der Waals surface area contributed by atoms with Crippen molar-refractivity contribution in [2.24, 2.45) is 0 Å². The Morgan fingerprint density at radius 3 is 2.81 bits per heavy atom. The summed E-state index contributed by atoms with van der Waals surface area (Å²) in [6.07, 6.45) is -0.301. The molecule has 0 radical (unpaired) electrons. The number of carbonyl (C=O) groups is 1. The van der Waals surface area contributed by atoms with Crippen molar-refractivity contribution in [2.45, 2.75) is 12.5 Å². The fraction of sp³-hybridized carbons (Fsp3) is 0.188. The molecule has 0 aromatic heterocycles. The molecule has 108 valence electrons. The quantitative estimate of drug-likeness (QED) is 0.890. The standard InChI is InChI=1S/C16H15ClN2O2/c17-12-5-3-6-14(9-12)19-10-13(18-16(20)21)8-11-4-1-2-7-15(11)19/h1-7,9,13,18H,8,10H2,(H,20,21). The highest BCUT2D eigenvalue weighted by atomic mass is 35.5. The summed E-state index contributed by atoms with van der Waals surface area (Å²) < 4.78 is 0. The van der Waals surface area contributed by atoms with Gasteiger partial charge < -0.3 is 15.3 Å². The molecule has 0 saturated carbocycles. The van der Waals surface area contributed by atoms with E-state index in [2.05, 4.69) is 10.2 Å². The predicted molar refractivity (Wildman–Crippen MR) is 83.6 cm³/mol. The largest absolute Gasteiger partial charge is 0.465 e. The number of nitrogens with zero attached hydrogens (tertiary/aromatic N) is 1. The molecule has 1 heterocycles. The first kappa shape index (κ1) is 13.8. The molecule has 3 rings (SSSR count). The van der Waals surface area contributed by atoms with Crippen molar-refractivity contribution >= 4 is 29.1 Å². The molecule has 0 saturated heterocycles. The van der Waals surface area contributed by atoms with E-state index >= 15 is 0 Å². The Labute approximate surface area is 128 Å². The highest BCUT2D eigenvalue weighted by molar-refractivity contribution is 6.30. The zero-order chi connectivity index (χ0) is 14.8. The minimum absolute atomic E-state index is 0.142. The number of hydrogen-bond donors (Lipinski definition) is 2. The monoisotopic (exact) mass is 302 g/mol. The number of para-hydroxylation sites is 1. The highest BCUT2D eigenvalue weighted by Crippen LogP contribution is 2.34. The Hall–Kier alpha value is -2.20. The van der Waals surface area contributed by atoms with E-state index in [0.717, 1.165) is 16.9 Å². The number of carboxylic acid groups (broad SMARTS) is 1. The topological polar surface area (TPSA) is 52.6 Å². The van der Waals surface area contributed by atoms with Crippen molar-refractivity contribution in [2.75, 3.05) is 11.4 Å². The second-order valence-electron chi connectivity index (χ2n) is 5.07. The van der Waals surface area contributed by atoms with E-state index in [4.69, 9.17) is 16.7 Å². The summed E-state index contributed by atoms with van der Waals surface area (Å²) in [7, 11) is 0. The lowest BCUT2D eigenvalue weighted by Gasteiger charge is -2.36. The predicted octanol–water partition coefficient (Wildman–Crippen LogP) is 3.67. The number of benzene rings is 2. The van der Waals surface area contributed by atoms with Gasteiger partial charge in [-0.2, -0.15) is 0 Å². The highest BCUT2D eigenvalue weighted by Gasteiger charge is 2.26. The van der Waals surface area contributed by atoms with Crippen LogP contribution in [-0.2, 0) is 6.42 Å². The Balaban J connectivity index is 1.99. The molecule has 21 heavy (non-hydrogen) atoms.